The Morgan fingerprint density at radius 2 is 1.96 bits per heavy atom. The Balaban J connectivity index is 2.00. The third kappa shape index (κ3) is 4.24. The molecule has 0 aromatic heterocycles. The number of nitrogens with zero attached hydrogens (tertiary/aromatic N) is 1. The van der Waals surface area contributed by atoms with E-state index in [1.165, 1.54) is 11.4 Å². The molecular weight excluding hydrogens is 364 g/mol. The van der Waals surface area contributed by atoms with Crippen molar-refractivity contribution in [1.29, 1.82) is 0 Å². The molecule has 2 aromatic rings. The second-order valence-corrected chi connectivity index (χ2v) is 8.55. The molecule has 0 amide bonds. The number of methoxy groups -OCH3 is 1. The van der Waals surface area contributed by atoms with Crippen molar-refractivity contribution in [1.82, 2.24) is 0 Å². The Hall–Kier alpha value is -2.54. The van der Waals surface area contributed by atoms with Gasteiger partial charge in [0.15, 0.2) is 0 Å². The zero-order chi connectivity index (χ0) is 19.4. The maximum Gasteiger partial charge on any atom is 0.337 e. The molecule has 1 atom stereocenters. The highest BCUT2D eigenvalue weighted by Crippen LogP contribution is 2.33. The smallest absolute Gasteiger partial charge is 0.337 e. The zero-order valence-electron chi connectivity index (χ0n) is 15.5. The maximum atomic E-state index is 12.8. The lowest BCUT2D eigenvalue weighted by molar-refractivity contribution is 0.0601. The molecule has 0 aliphatic carbocycles. The number of esters is 1. The van der Waals surface area contributed by atoms with Gasteiger partial charge in [0.05, 0.1) is 24.1 Å². The fourth-order valence-electron chi connectivity index (χ4n) is 3.37. The Morgan fingerprint density at radius 3 is 2.63 bits per heavy atom. The minimum Gasteiger partial charge on any atom is -0.465 e. The standard InChI is InChI=1S/C20H24N2O4S/c1-3-21-18-11-17(20(23)26-2)12-19(13-18)22-14-16(9-10-27(22,24)25)15-7-5-4-6-8-15/h4-8,11-13,16,21H,3,9-10,14H2,1-2H3. The molecule has 3 rings (SSSR count). The summed E-state index contributed by atoms with van der Waals surface area (Å²) in [6, 6.07) is 14.9. The summed E-state index contributed by atoms with van der Waals surface area (Å²) in [5.41, 5.74) is 2.61. The quantitative estimate of drug-likeness (QED) is 0.796. The molecule has 0 spiro atoms. The van der Waals surface area contributed by atoms with E-state index in [4.69, 9.17) is 4.74 Å². The van der Waals surface area contributed by atoms with Crippen LogP contribution >= 0.6 is 0 Å². The van der Waals surface area contributed by atoms with Crippen molar-refractivity contribution in [3.8, 4) is 0 Å². The number of nitrogens with one attached hydrogen (secondary N) is 1. The first-order valence-electron chi connectivity index (χ1n) is 8.97. The number of hydrogen-bond acceptors (Lipinski definition) is 5. The van der Waals surface area contributed by atoms with Crippen molar-refractivity contribution in [3.63, 3.8) is 0 Å². The number of hydrogen-bond donors (Lipinski definition) is 1. The van der Waals surface area contributed by atoms with E-state index in [9.17, 15) is 13.2 Å². The van der Waals surface area contributed by atoms with E-state index in [0.29, 0.717) is 36.4 Å². The van der Waals surface area contributed by atoms with Crippen LogP contribution in [0.15, 0.2) is 48.5 Å². The van der Waals surface area contributed by atoms with Crippen LogP contribution in [0, 0.1) is 0 Å². The van der Waals surface area contributed by atoms with E-state index >= 15 is 0 Å². The summed E-state index contributed by atoms with van der Waals surface area (Å²) >= 11 is 0. The molecule has 1 aliphatic rings. The SMILES string of the molecule is CCNc1cc(C(=O)OC)cc(N2CC(c3ccccc3)CCS2(=O)=O)c1. The highest BCUT2D eigenvalue weighted by Gasteiger charge is 2.33. The first kappa shape index (κ1) is 19.2. The molecule has 1 unspecified atom stereocenters. The number of carbonyl (C=O) groups is 1. The number of carbonyl (C=O) groups excluding carboxylic acids is 1. The Kier molecular flexibility index (Phi) is 5.70. The van der Waals surface area contributed by atoms with Gasteiger partial charge in [-0.05, 0) is 37.1 Å². The van der Waals surface area contributed by atoms with Crippen LogP contribution in [0.25, 0.3) is 0 Å². The lowest BCUT2D eigenvalue weighted by atomic mass is 9.96. The number of ether oxygens (including phenoxy) is 1. The molecule has 1 saturated heterocycles. The molecule has 27 heavy (non-hydrogen) atoms. The van der Waals surface area contributed by atoms with Crippen LogP contribution in [-0.2, 0) is 14.8 Å². The number of anilines is 2. The van der Waals surface area contributed by atoms with E-state index < -0.39 is 16.0 Å². The van der Waals surface area contributed by atoms with Gasteiger partial charge in [-0.3, -0.25) is 4.31 Å². The van der Waals surface area contributed by atoms with E-state index in [1.54, 1.807) is 18.2 Å². The molecule has 0 radical (unpaired) electrons. The summed E-state index contributed by atoms with van der Waals surface area (Å²) in [4.78, 5) is 12.0. The summed E-state index contributed by atoms with van der Waals surface area (Å²) in [7, 11) is -2.13. The molecule has 0 saturated carbocycles. The number of rotatable bonds is 5. The zero-order valence-corrected chi connectivity index (χ0v) is 16.3. The molecule has 2 aromatic carbocycles. The first-order valence-corrected chi connectivity index (χ1v) is 10.6. The van der Waals surface area contributed by atoms with Gasteiger partial charge in [0.2, 0.25) is 10.0 Å². The normalized spacial score (nSPS) is 18.7. The van der Waals surface area contributed by atoms with E-state index in [2.05, 4.69) is 5.32 Å². The maximum absolute atomic E-state index is 12.8. The lowest BCUT2D eigenvalue weighted by Crippen LogP contribution is -2.41. The molecular formula is C20H24N2O4S. The topological polar surface area (TPSA) is 75.7 Å². The van der Waals surface area contributed by atoms with Crippen LogP contribution < -0.4 is 9.62 Å². The monoisotopic (exact) mass is 388 g/mol. The summed E-state index contributed by atoms with van der Waals surface area (Å²) in [5.74, 6) is -0.310. The van der Waals surface area contributed by atoms with Gasteiger partial charge in [0.25, 0.3) is 0 Å². The van der Waals surface area contributed by atoms with Gasteiger partial charge in [-0.15, -0.1) is 0 Å². The summed E-state index contributed by atoms with van der Waals surface area (Å²) < 4.78 is 31.8. The summed E-state index contributed by atoms with van der Waals surface area (Å²) in [5, 5.41) is 3.15. The highest BCUT2D eigenvalue weighted by molar-refractivity contribution is 7.92. The van der Waals surface area contributed by atoms with Crippen molar-refractivity contribution in [2.45, 2.75) is 19.3 Å². The Bertz CT molecular complexity index is 913. The molecule has 144 valence electrons. The van der Waals surface area contributed by atoms with Crippen LogP contribution in [0.2, 0.25) is 0 Å². The van der Waals surface area contributed by atoms with Gasteiger partial charge in [-0.1, -0.05) is 30.3 Å². The van der Waals surface area contributed by atoms with E-state index in [0.717, 1.165) is 5.56 Å². The molecule has 1 heterocycles. The van der Waals surface area contributed by atoms with Crippen LogP contribution in [-0.4, -0.2) is 40.3 Å². The molecule has 1 N–H and O–H groups in total. The van der Waals surface area contributed by atoms with E-state index in [1.807, 2.05) is 37.3 Å². The van der Waals surface area contributed by atoms with Crippen LogP contribution in [0.1, 0.15) is 35.2 Å². The van der Waals surface area contributed by atoms with Gasteiger partial charge >= 0.3 is 5.97 Å². The minimum absolute atomic E-state index is 0.0750. The fraction of sp³-hybridized carbons (Fsp3) is 0.350. The second-order valence-electron chi connectivity index (χ2n) is 6.53. The molecule has 0 bridgehead atoms. The third-order valence-corrected chi connectivity index (χ3v) is 6.51. The first-order chi connectivity index (χ1) is 12.9. The lowest BCUT2D eigenvalue weighted by Gasteiger charge is -2.34. The Morgan fingerprint density at radius 1 is 1.22 bits per heavy atom. The van der Waals surface area contributed by atoms with Crippen molar-refractivity contribution < 1.29 is 17.9 Å². The third-order valence-electron chi connectivity index (χ3n) is 4.72. The summed E-state index contributed by atoms with van der Waals surface area (Å²) in [6.07, 6.45) is 0.583. The van der Waals surface area contributed by atoms with Gasteiger partial charge in [-0.25, -0.2) is 13.2 Å². The molecule has 7 heteroatoms. The average Bonchev–Trinajstić information content (AvgIpc) is 2.68. The van der Waals surface area contributed by atoms with Gasteiger partial charge in [0, 0.05) is 24.7 Å². The second kappa shape index (κ2) is 8.00. The van der Waals surface area contributed by atoms with Crippen molar-refractivity contribution >= 4 is 27.4 Å². The van der Waals surface area contributed by atoms with Gasteiger partial charge in [0.1, 0.15) is 0 Å². The van der Waals surface area contributed by atoms with Crippen molar-refractivity contribution in [2.75, 3.05) is 35.6 Å². The molecule has 1 fully saturated rings. The Labute approximate surface area is 160 Å². The van der Waals surface area contributed by atoms with Crippen molar-refractivity contribution in [3.05, 3.63) is 59.7 Å². The number of benzene rings is 2. The highest BCUT2D eigenvalue weighted by atomic mass is 32.2. The fourth-order valence-corrected chi connectivity index (χ4v) is 5.00. The van der Waals surface area contributed by atoms with Crippen LogP contribution in [0.3, 0.4) is 0 Å². The molecule has 6 nitrogen and oxygen atoms in total. The largest absolute Gasteiger partial charge is 0.465 e. The minimum atomic E-state index is -3.44. The van der Waals surface area contributed by atoms with Crippen LogP contribution in [0.5, 0.6) is 0 Å². The predicted molar refractivity (Wildman–Crippen MR) is 107 cm³/mol. The van der Waals surface area contributed by atoms with E-state index in [-0.39, 0.29) is 11.7 Å². The van der Waals surface area contributed by atoms with Crippen molar-refractivity contribution in [2.24, 2.45) is 0 Å². The summed E-state index contributed by atoms with van der Waals surface area (Å²) in [6.45, 7) is 2.94. The average molecular weight is 388 g/mol. The number of sulfonamides is 1. The van der Waals surface area contributed by atoms with Crippen LogP contribution in [0.4, 0.5) is 11.4 Å². The van der Waals surface area contributed by atoms with Gasteiger partial charge in [-0.2, -0.15) is 0 Å². The van der Waals surface area contributed by atoms with Gasteiger partial charge < -0.3 is 10.1 Å². The molecule has 1 aliphatic heterocycles. The predicted octanol–water partition coefficient (Wildman–Crippen LogP) is 3.23.